The third-order valence-corrected chi connectivity index (χ3v) is 7.53. The van der Waals surface area contributed by atoms with Gasteiger partial charge in [-0.25, -0.2) is 0 Å². The van der Waals surface area contributed by atoms with Crippen LogP contribution in [0.5, 0.6) is 5.75 Å². The highest BCUT2D eigenvalue weighted by Crippen LogP contribution is 2.43. The molecular formula is C25H18N6O7S2. The topological polar surface area (TPSA) is 217 Å². The Balaban J connectivity index is 1.65. The summed E-state index contributed by atoms with van der Waals surface area (Å²) >= 11 is 0. The molecule has 13 nitrogen and oxygen atoms in total. The Hall–Kier alpha value is -4.83. The van der Waals surface area contributed by atoms with Gasteiger partial charge in [0.1, 0.15) is 21.2 Å². The van der Waals surface area contributed by atoms with Crippen LogP contribution in [-0.4, -0.2) is 36.0 Å². The van der Waals surface area contributed by atoms with Gasteiger partial charge in [-0.1, -0.05) is 18.2 Å². The molecule has 5 N–H and O–H groups in total. The molecule has 0 aliphatic carbocycles. The molecule has 0 bridgehead atoms. The Kier molecular flexibility index (Phi) is 6.72. The minimum absolute atomic E-state index is 0.102. The second-order valence-corrected chi connectivity index (χ2v) is 11.2. The Morgan fingerprint density at radius 3 is 2.05 bits per heavy atom. The summed E-state index contributed by atoms with van der Waals surface area (Å²) in [6.07, 6.45) is 1.54. The monoisotopic (exact) mass is 578 g/mol. The number of nitrogen functional groups attached to an aromatic ring is 1. The van der Waals surface area contributed by atoms with E-state index < -0.39 is 47.2 Å². The maximum absolute atomic E-state index is 12.2. The largest absolute Gasteiger partial charge is 0.505 e. The normalized spacial score (nSPS) is 12.7. The average molecular weight is 579 g/mol. The highest BCUT2D eigenvalue weighted by atomic mass is 32.2. The van der Waals surface area contributed by atoms with E-state index >= 15 is 0 Å². The summed E-state index contributed by atoms with van der Waals surface area (Å²) in [4.78, 5) is 2.77. The van der Waals surface area contributed by atoms with Crippen LogP contribution in [0.3, 0.4) is 0 Å². The summed E-state index contributed by atoms with van der Waals surface area (Å²) in [5.41, 5.74) is 6.38. The van der Waals surface area contributed by atoms with Crippen LogP contribution in [0.4, 0.5) is 28.4 Å². The number of aromatic hydroxyl groups is 1. The van der Waals surface area contributed by atoms with Crippen molar-refractivity contribution in [3.63, 3.8) is 0 Å². The number of phenols is 1. The average Bonchev–Trinajstić information content (AvgIpc) is 2.91. The first-order chi connectivity index (χ1) is 18.9. The van der Waals surface area contributed by atoms with Gasteiger partial charge in [-0.05, 0) is 60.0 Å². The smallest absolute Gasteiger partial charge is 0.296 e. The van der Waals surface area contributed by atoms with Gasteiger partial charge >= 0.3 is 0 Å². The van der Waals surface area contributed by atoms with E-state index in [0.29, 0.717) is 22.3 Å². The number of hydrogen-bond acceptors (Lipinski definition) is 11. The van der Waals surface area contributed by atoms with Crippen molar-refractivity contribution in [2.45, 2.75) is 9.79 Å². The van der Waals surface area contributed by atoms with Crippen molar-refractivity contribution in [2.24, 2.45) is 20.5 Å². The zero-order valence-corrected chi connectivity index (χ0v) is 21.7. The first kappa shape index (κ1) is 26.8. The van der Waals surface area contributed by atoms with E-state index in [9.17, 15) is 31.0 Å². The maximum atomic E-state index is 12.2. The van der Waals surface area contributed by atoms with Crippen LogP contribution in [-0.2, 0) is 20.2 Å². The minimum atomic E-state index is -4.99. The van der Waals surface area contributed by atoms with E-state index in [0.717, 1.165) is 18.2 Å². The van der Waals surface area contributed by atoms with Crippen LogP contribution in [0.15, 0.2) is 109 Å². The molecule has 0 aliphatic rings. The summed E-state index contributed by atoms with van der Waals surface area (Å²) < 4.78 is 66.8. The molecule has 0 unspecified atom stereocenters. The number of azo groups is 2. The van der Waals surface area contributed by atoms with Gasteiger partial charge in [0.2, 0.25) is 0 Å². The molecule has 202 valence electrons. The second-order valence-electron chi connectivity index (χ2n) is 8.37. The number of fused-ring (bicyclic) bond motifs is 2. The van der Waals surface area contributed by atoms with Crippen LogP contribution < -0.4 is 5.73 Å². The summed E-state index contributed by atoms with van der Waals surface area (Å²) in [6, 6.07) is 18.2. The number of hydrogen-bond donors (Lipinski definition) is 4. The Bertz CT molecular complexity index is 2080. The number of benzene rings is 4. The van der Waals surface area contributed by atoms with Gasteiger partial charge in [0.25, 0.3) is 20.2 Å². The van der Waals surface area contributed by atoms with Crippen LogP contribution in [0.1, 0.15) is 0 Å². The van der Waals surface area contributed by atoms with Gasteiger partial charge in [0, 0.05) is 17.0 Å². The predicted molar refractivity (Wildman–Crippen MR) is 146 cm³/mol. The molecule has 5 rings (SSSR count). The fourth-order valence-corrected chi connectivity index (χ4v) is 5.22. The molecule has 0 saturated heterocycles. The van der Waals surface area contributed by atoms with Gasteiger partial charge in [0.15, 0.2) is 5.75 Å². The molecule has 0 radical (unpaired) electrons. The van der Waals surface area contributed by atoms with Crippen molar-refractivity contribution in [2.75, 3.05) is 5.73 Å². The van der Waals surface area contributed by atoms with Crippen molar-refractivity contribution in [3.05, 3.63) is 79.0 Å². The van der Waals surface area contributed by atoms with Gasteiger partial charge in [-0.3, -0.25) is 14.1 Å². The number of nitrogens with zero attached hydrogens (tertiary/aromatic N) is 5. The molecule has 0 spiro atoms. The molecular weight excluding hydrogens is 560 g/mol. The van der Waals surface area contributed by atoms with Gasteiger partial charge in [0.05, 0.1) is 22.6 Å². The number of aromatic nitrogens is 1. The van der Waals surface area contributed by atoms with Crippen LogP contribution >= 0.6 is 0 Å². The van der Waals surface area contributed by atoms with Crippen LogP contribution in [0.2, 0.25) is 0 Å². The predicted octanol–water partition coefficient (Wildman–Crippen LogP) is 6.00. The fourth-order valence-electron chi connectivity index (χ4n) is 3.93. The lowest BCUT2D eigenvalue weighted by Crippen LogP contribution is -2.04. The Morgan fingerprint density at radius 2 is 1.35 bits per heavy atom. The molecule has 0 atom stereocenters. The third kappa shape index (κ3) is 5.21. The summed E-state index contributed by atoms with van der Waals surface area (Å²) in [7, 11) is -9.76. The molecule has 15 heteroatoms. The number of nitrogens with two attached hydrogens (primary N) is 1. The first-order valence-electron chi connectivity index (χ1n) is 11.2. The first-order valence-corrected chi connectivity index (χ1v) is 14.1. The lowest BCUT2D eigenvalue weighted by molar-refractivity contribution is 0.472. The molecule has 5 aromatic rings. The van der Waals surface area contributed by atoms with E-state index in [1.165, 1.54) is 6.07 Å². The molecule has 0 saturated carbocycles. The third-order valence-electron chi connectivity index (χ3n) is 5.75. The van der Waals surface area contributed by atoms with Crippen LogP contribution in [0, 0.1) is 0 Å². The standard InChI is InChI=1S/C25H18N6O7S2/c26-18-13-17-14(11-21(18)39(33,34)35)12-22(40(36,37)38)24(25(17)32)31-29-19-8-9-20(23-16(19)7-4-10-27-23)30-28-15-5-2-1-3-6-15/h1-13,32H,26H2,(H,33,34,35)(H,36,37,38). The number of anilines is 1. The Morgan fingerprint density at radius 1 is 0.700 bits per heavy atom. The number of rotatable bonds is 6. The zero-order chi connectivity index (χ0) is 28.7. The van der Waals surface area contributed by atoms with Crippen molar-refractivity contribution < 1.29 is 31.0 Å². The maximum Gasteiger partial charge on any atom is 0.296 e. The van der Waals surface area contributed by atoms with Crippen molar-refractivity contribution in [1.82, 2.24) is 4.98 Å². The van der Waals surface area contributed by atoms with E-state index in [1.807, 2.05) is 18.2 Å². The molecule has 4 aromatic carbocycles. The zero-order valence-electron chi connectivity index (χ0n) is 20.1. The fraction of sp³-hybridized carbons (Fsp3) is 0. The van der Waals surface area contributed by atoms with Crippen molar-refractivity contribution in [3.8, 4) is 5.75 Å². The SMILES string of the molecule is Nc1cc2c(O)c(N=Nc3ccc(N=Nc4ccccc4)c4ncccc34)c(S(=O)(=O)O)cc2cc1S(=O)(=O)O. The van der Waals surface area contributed by atoms with Gasteiger partial charge < -0.3 is 10.8 Å². The lowest BCUT2D eigenvalue weighted by atomic mass is 10.1. The molecule has 0 amide bonds. The molecule has 1 heterocycles. The highest BCUT2D eigenvalue weighted by Gasteiger charge is 2.24. The number of pyridine rings is 1. The van der Waals surface area contributed by atoms with Gasteiger partial charge in [-0.2, -0.15) is 21.9 Å². The summed E-state index contributed by atoms with van der Waals surface area (Å²) in [5, 5.41) is 27.6. The Labute approximate surface area is 226 Å². The quantitative estimate of drug-likeness (QED) is 0.105. The van der Waals surface area contributed by atoms with E-state index in [1.54, 1.807) is 36.5 Å². The molecule has 0 fully saturated rings. The molecule has 1 aromatic heterocycles. The summed E-state index contributed by atoms with van der Waals surface area (Å²) in [6.45, 7) is 0. The summed E-state index contributed by atoms with van der Waals surface area (Å²) in [5.74, 6) is -0.752. The second kappa shape index (κ2) is 10.0. The van der Waals surface area contributed by atoms with Gasteiger partial charge in [-0.15, -0.1) is 15.3 Å². The van der Waals surface area contributed by atoms with Crippen molar-refractivity contribution >= 4 is 70.3 Å². The number of phenolic OH excluding ortho intramolecular Hbond substituents is 1. The van der Waals surface area contributed by atoms with Crippen LogP contribution in [0.25, 0.3) is 21.7 Å². The highest BCUT2D eigenvalue weighted by molar-refractivity contribution is 7.86. The molecule has 0 aliphatic heterocycles. The van der Waals surface area contributed by atoms with E-state index in [4.69, 9.17) is 5.73 Å². The lowest BCUT2D eigenvalue weighted by Gasteiger charge is -2.11. The van der Waals surface area contributed by atoms with E-state index in [-0.39, 0.29) is 16.5 Å². The minimum Gasteiger partial charge on any atom is -0.505 e. The molecule has 40 heavy (non-hydrogen) atoms. The van der Waals surface area contributed by atoms with E-state index in [2.05, 4.69) is 25.4 Å². The van der Waals surface area contributed by atoms with Crippen molar-refractivity contribution in [1.29, 1.82) is 0 Å².